The average molecular weight is 468 g/mol. The van der Waals surface area contributed by atoms with E-state index in [9.17, 15) is 14.7 Å². The van der Waals surface area contributed by atoms with Gasteiger partial charge in [-0.15, -0.1) is 0 Å². The van der Waals surface area contributed by atoms with Crippen LogP contribution in [0.5, 0.6) is 11.5 Å². The SMILES string of the molecule is COCCN1C(=O)C(=O)/C(=C(\O)c2ccc(OCC(C)C)cc2)C1c1ccccc1OC(C)C. The van der Waals surface area contributed by atoms with Gasteiger partial charge in [0, 0.05) is 24.8 Å². The van der Waals surface area contributed by atoms with E-state index in [4.69, 9.17) is 14.2 Å². The minimum absolute atomic E-state index is 0.0248. The van der Waals surface area contributed by atoms with Crippen LogP contribution in [0, 0.1) is 5.92 Å². The fraction of sp³-hybridized carbons (Fsp3) is 0.407. The molecule has 1 N–H and O–H groups in total. The molecule has 1 atom stereocenters. The van der Waals surface area contributed by atoms with Gasteiger partial charge in [0.1, 0.15) is 17.3 Å². The number of benzene rings is 2. The highest BCUT2D eigenvalue weighted by Crippen LogP contribution is 2.42. The van der Waals surface area contributed by atoms with Crippen LogP contribution in [0.15, 0.2) is 54.1 Å². The second-order valence-corrected chi connectivity index (χ2v) is 8.92. The van der Waals surface area contributed by atoms with Crippen molar-refractivity contribution >= 4 is 17.4 Å². The fourth-order valence-corrected chi connectivity index (χ4v) is 3.82. The number of para-hydroxylation sites is 1. The Hall–Kier alpha value is -3.32. The lowest BCUT2D eigenvalue weighted by Gasteiger charge is -2.27. The Balaban J connectivity index is 2.09. The summed E-state index contributed by atoms with van der Waals surface area (Å²) in [5, 5.41) is 11.2. The molecule has 182 valence electrons. The van der Waals surface area contributed by atoms with E-state index in [0.717, 1.165) is 0 Å². The van der Waals surface area contributed by atoms with Gasteiger partial charge in [0.2, 0.25) is 0 Å². The zero-order valence-corrected chi connectivity index (χ0v) is 20.4. The lowest BCUT2D eigenvalue weighted by Crippen LogP contribution is -2.33. The molecule has 0 radical (unpaired) electrons. The molecule has 1 aliphatic heterocycles. The maximum absolute atomic E-state index is 13.1. The first-order valence-electron chi connectivity index (χ1n) is 11.5. The van der Waals surface area contributed by atoms with E-state index in [1.807, 2.05) is 32.0 Å². The molecule has 1 aliphatic rings. The van der Waals surface area contributed by atoms with Gasteiger partial charge >= 0.3 is 0 Å². The van der Waals surface area contributed by atoms with Gasteiger partial charge in [0.05, 0.1) is 30.9 Å². The predicted octanol–water partition coefficient (Wildman–Crippen LogP) is 4.58. The minimum atomic E-state index is -0.804. The van der Waals surface area contributed by atoms with Crippen molar-refractivity contribution in [1.82, 2.24) is 4.90 Å². The Bertz CT molecular complexity index is 1040. The summed E-state index contributed by atoms with van der Waals surface area (Å²) in [5.41, 5.74) is 1.08. The molecule has 2 aromatic rings. The molecule has 2 aromatic carbocycles. The molecule has 1 heterocycles. The number of carbonyl (C=O) groups is 2. The summed E-state index contributed by atoms with van der Waals surface area (Å²) in [5.74, 6) is -0.0617. The second-order valence-electron chi connectivity index (χ2n) is 8.92. The number of amides is 1. The number of aliphatic hydroxyl groups is 1. The van der Waals surface area contributed by atoms with Crippen LogP contribution < -0.4 is 9.47 Å². The van der Waals surface area contributed by atoms with E-state index in [1.54, 1.807) is 30.3 Å². The molecule has 7 nitrogen and oxygen atoms in total. The molecule has 0 aromatic heterocycles. The van der Waals surface area contributed by atoms with Gasteiger partial charge < -0.3 is 24.2 Å². The van der Waals surface area contributed by atoms with E-state index < -0.39 is 17.7 Å². The van der Waals surface area contributed by atoms with E-state index >= 15 is 0 Å². The summed E-state index contributed by atoms with van der Waals surface area (Å²) in [6.45, 7) is 8.94. The smallest absolute Gasteiger partial charge is 0.295 e. The molecular formula is C27H33NO6. The molecule has 0 spiro atoms. The summed E-state index contributed by atoms with van der Waals surface area (Å²) in [4.78, 5) is 27.6. The zero-order chi connectivity index (χ0) is 24.8. The Morgan fingerprint density at radius 2 is 1.71 bits per heavy atom. The molecule has 0 aliphatic carbocycles. The normalized spacial score (nSPS) is 17.6. The first kappa shape index (κ1) is 25.3. The van der Waals surface area contributed by atoms with Crippen LogP contribution >= 0.6 is 0 Å². The Labute approximate surface area is 200 Å². The van der Waals surface area contributed by atoms with Crippen molar-refractivity contribution in [3.8, 4) is 11.5 Å². The van der Waals surface area contributed by atoms with Crippen LogP contribution in [0.2, 0.25) is 0 Å². The quantitative estimate of drug-likeness (QED) is 0.313. The first-order chi connectivity index (χ1) is 16.2. The fourth-order valence-electron chi connectivity index (χ4n) is 3.82. The molecule has 0 saturated carbocycles. The number of methoxy groups -OCH3 is 1. The topological polar surface area (TPSA) is 85.3 Å². The van der Waals surface area contributed by atoms with Crippen molar-refractivity contribution in [1.29, 1.82) is 0 Å². The van der Waals surface area contributed by atoms with Gasteiger partial charge in [-0.05, 0) is 50.1 Å². The summed E-state index contributed by atoms with van der Waals surface area (Å²) < 4.78 is 16.9. The number of carbonyl (C=O) groups excluding carboxylic acids is 2. The molecule has 1 amide bonds. The highest BCUT2D eigenvalue weighted by Gasteiger charge is 2.46. The molecule has 3 rings (SSSR count). The number of rotatable bonds is 10. The minimum Gasteiger partial charge on any atom is -0.507 e. The van der Waals surface area contributed by atoms with Gasteiger partial charge in [0.15, 0.2) is 0 Å². The number of ketones is 1. The van der Waals surface area contributed by atoms with Crippen LogP contribution in [0.3, 0.4) is 0 Å². The van der Waals surface area contributed by atoms with Crippen molar-refractivity contribution in [3.05, 3.63) is 65.2 Å². The number of nitrogens with zero attached hydrogens (tertiary/aromatic N) is 1. The number of Topliss-reactive ketones (excluding diaryl/α,β-unsaturated/α-hetero) is 1. The second kappa shape index (κ2) is 11.2. The third-order valence-electron chi connectivity index (χ3n) is 5.36. The number of ether oxygens (including phenoxy) is 3. The van der Waals surface area contributed by atoms with Crippen molar-refractivity contribution in [2.45, 2.75) is 39.8 Å². The standard InChI is InChI=1S/C27H33NO6/c1-17(2)16-33-20-12-10-19(11-13-20)25(29)23-24(28(14-15-32-5)27(31)26(23)30)21-8-6-7-9-22(21)34-18(3)4/h6-13,17-18,24,29H,14-16H2,1-5H3/b25-23-. The van der Waals surface area contributed by atoms with Crippen LogP contribution in [0.1, 0.15) is 44.9 Å². The summed E-state index contributed by atoms with van der Waals surface area (Å²) in [6, 6.07) is 13.3. The number of hydrogen-bond donors (Lipinski definition) is 1. The van der Waals surface area contributed by atoms with Crippen LogP contribution in [-0.4, -0.2) is 54.7 Å². The Morgan fingerprint density at radius 3 is 2.32 bits per heavy atom. The van der Waals surface area contributed by atoms with Gasteiger partial charge in [0.25, 0.3) is 11.7 Å². The molecule has 34 heavy (non-hydrogen) atoms. The van der Waals surface area contributed by atoms with Crippen LogP contribution in [0.4, 0.5) is 0 Å². The average Bonchev–Trinajstić information content (AvgIpc) is 3.06. The number of likely N-dealkylation sites (tertiary alicyclic amines) is 1. The third kappa shape index (κ3) is 5.59. The monoisotopic (exact) mass is 467 g/mol. The molecule has 7 heteroatoms. The third-order valence-corrected chi connectivity index (χ3v) is 5.36. The zero-order valence-electron chi connectivity index (χ0n) is 20.4. The first-order valence-corrected chi connectivity index (χ1v) is 11.5. The summed E-state index contributed by atoms with van der Waals surface area (Å²) in [6.07, 6.45) is -0.110. The molecule has 1 fully saturated rings. The maximum atomic E-state index is 13.1. The van der Waals surface area contributed by atoms with Crippen LogP contribution in [-0.2, 0) is 14.3 Å². The Morgan fingerprint density at radius 1 is 1.03 bits per heavy atom. The summed E-state index contributed by atoms with van der Waals surface area (Å²) >= 11 is 0. The lowest BCUT2D eigenvalue weighted by molar-refractivity contribution is -0.140. The molecule has 1 saturated heterocycles. The van der Waals surface area contributed by atoms with Crippen molar-refractivity contribution < 1.29 is 28.9 Å². The van der Waals surface area contributed by atoms with Crippen molar-refractivity contribution in [3.63, 3.8) is 0 Å². The number of aliphatic hydroxyl groups excluding tert-OH is 1. The van der Waals surface area contributed by atoms with Crippen molar-refractivity contribution in [2.75, 3.05) is 26.9 Å². The highest BCUT2D eigenvalue weighted by atomic mass is 16.5. The largest absolute Gasteiger partial charge is 0.507 e. The van der Waals surface area contributed by atoms with E-state index in [2.05, 4.69) is 13.8 Å². The Kier molecular flexibility index (Phi) is 8.34. The van der Waals surface area contributed by atoms with Gasteiger partial charge in [-0.25, -0.2) is 0 Å². The number of hydrogen-bond acceptors (Lipinski definition) is 6. The van der Waals surface area contributed by atoms with Gasteiger partial charge in [-0.2, -0.15) is 0 Å². The van der Waals surface area contributed by atoms with E-state index in [1.165, 1.54) is 12.0 Å². The lowest BCUT2D eigenvalue weighted by atomic mass is 9.94. The maximum Gasteiger partial charge on any atom is 0.295 e. The highest BCUT2D eigenvalue weighted by molar-refractivity contribution is 6.46. The van der Waals surface area contributed by atoms with Gasteiger partial charge in [-0.3, -0.25) is 9.59 Å². The van der Waals surface area contributed by atoms with Gasteiger partial charge in [-0.1, -0.05) is 32.0 Å². The van der Waals surface area contributed by atoms with Crippen molar-refractivity contribution in [2.24, 2.45) is 5.92 Å². The van der Waals surface area contributed by atoms with E-state index in [-0.39, 0.29) is 30.6 Å². The molecular weight excluding hydrogens is 434 g/mol. The van der Waals surface area contributed by atoms with Crippen LogP contribution in [0.25, 0.3) is 5.76 Å². The molecule has 1 unspecified atom stereocenters. The molecule has 0 bridgehead atoms. The summed E-state index contributed by atoms with van der Waals surface area (Å²) in [7, 11) is 1.53. The predicted molar refractivity (Wildman–Crippen MR) is 130 cm³/mol. The van der Waals surface area contributed by atoms with E-state index in [0.29, 0.717) is 35.2 Å².